The number of carbonyl (C=O) groups is 3. The Kier molecular flexibility index (Phi) is 6.61. The van der Waals surface area contributed by atoms with E-state index in [1.54, 1.807) is 13.8 Å². The second-order valence-electron chi connectivity index (χ2n) is 6.16. The molecule has 1 aliphatic heterocycles. The third kappa shape index (κ3) is 7.65. The van der Waals surface area contributed by atoms with Gasteiger partial charge in [-0.1, -0.05) is 13.8 Å². The van der Waals surface area contributed by atoms with Crippen LogP contribution in [0.15, 0.2) is 0 Å². The SMILES string of the molecule is CC(C)(CC(=O)O)CC(=O)NC(=O)NCC1CCCCO1. The van der Waals surface area contributed by atoms with Crippen molar-refractivity contribution in [3.05, 3.63) is 0 Å². The number of rotatable bonds is 6. The Morgan fingerprint density at radius 1 is 1.24 bits per heavy atom. The summed E-state index contributed by atoms with van der Waals surface area (Å²) in [6.45, 7) is 4.43. The third-order valence-corrected chi connectivity index (χ3v) is 3.29. The molecule has 1 saturated heterocycles. The van der Waals surface area contributed by atoms with Crippen molar-refractivity contribution in [1.29, 1.82) is 0 Å². The van der Waals surface area contributed by atoms with Gasteiger partial charge in [0.1, 0.15) is 0 Å². The monoisotopic (exact) mass is 300 g/mol. The van der Waals surface area contributed by atoms with Crippen LogP contribution in [0.2, 0.25) is 0 Å². The van der Waals surface area contributed by atoms with Gasteiger partial charge in [0, 0.05) is 19.6 Å². The molecule has 1 unspecified atom stereocenters. The molecular weight excluding hydrogens is 276 g/mol. The molecule has 120 valence electrons. The molecule has 0 saturated carbocycles. The summed E-state index contributed by atoms with van der Waals surface area (Å²) < 4.78 is 5.46. The zero-order valence-electron chi connectivity index (χ0n) is 12.6. The standard InChI is InChI=1S/C14H24N2O5/c1-14(2,8-12(18)19)7-11(17)16-13(20)15-9-10-5-3-4-6-21-10/h10H,3-9H2,1-2H3,(H,18,19)(H2,15,16,17,20). The molecule has 0 radical (unpaired) electrons. The van der Waals surface area contributed by atoms with E-state index < -0.39 is 23.3 Å². The maximum absolute atomic E-state index is 11.7. The summed E-state index contributed by atoms with van der Waals surface area (Å²) in [5.41, 5.74) is -0.692. The molecule has 3 N–H and O–H groups in total. The molecule has 0 bridgehead atoms. The van der Waals surface area contributed by atoms with Gasteiger partial charge in [-0.2, -0.15) is 0 Å². The zero-order valence-corrected chi connectivity index (χ0v) is 12.6. The minimum absolute atomic E-state index is 0.00283. The summed E-state index contributed by atoms with van der Waals surface area (Å²) in [6, 6.07) is -0.569. The number of hydrogen-bond donors (Lipinski definition) is 3. The van der Waals surface area contributed by atoms with Crippen molar-refractivity contribution in [2.75, 3.05) is 13.2 Å². The van der Waals surface area contributed by atoms with E-state index in [9.17, 15) is 14.4 Å². The van der Waals surface area contributed by atoms with Crippen molar-refractivity contribution in [3.63, 3.8) is 0 Å². The average Bonchev–Trinajstić information content (AvgIpc) is 2.35. The fourth-order valence-electron chi connectivity index (χ4n) is 2.30. The molecule has 1 rings (SSSR count). The van der Waals surface area contributed by atoms with Crippen molar-refractivity contribution in [2.24, 2.45) is 5.41 Å². The number of nitrogens with one attached hydrogen (secondary N) is 2. The number of urea groups is 1. The minimum Gasteiger partial charge on any atom is -0.481 e. The number of hydrogen-bond acceptors (Lipinski definition) is 4. The Morgan fingerprint density at radius 2 is 1.95 bits per heavy atom. The molecule has 0 aromatic rings. The van der Waals surface area contributed by atoms with Crippen LogP contribution in [-0.4, -0.2) is 42.3 Å². The molecule has 0 spiro atoms. The lowest BCUT2D eigenvalue weighted by atomic mass is 9.85. The highest BCUT2D eigenvalue weighted by molar-refractivity contribution is 5.94. The van der Waals surface area contributed by atoms with Gasteiger partial charge in [-0.3, -0.25) is 14.9 Å². The number of carboxylic acid groups (broad SMARTS) is 1. The van der Waals surface area contributed by atoms with Crippen LogP contribution in [-0.2, 0) is 14.3 Å². The van der Waals surface area contributed by atoms with E-state index in [1.807, 2.05) is 0 Å². The first-order valence-electron chi connectivity index (χ1n) is 7.19. The van der Waals surface area contributed by atoms with Gasteiger partial charge >= 0.3 is 12.0 Å². The Bertz CT molecular complexity index is 389. The van der Waals surface area contributed by atoms with Crippen LogP contribution in [0, 0.1) is 5.41 Å². The van der Waals surface area contributed by atoms with Gasteiger partial charge in [0.2, 0.25) is 5.91 Å². The quantitative estimate of drug-likeness (QED) is 0.685. The first-order valence-corrected chi connectivity index (χ1v) is 7.19. The Morgan fingerprint density at radius 3 is 2.52 bits per heavy atom. The van der Waals surface area contributed by atoms with E-state index in [0.29, 0.717) is 13.2 Å². The van der Waals surface area contributed by atoms with Crippen molar-refractivity contribution >= 4 is 17.9 Å². The number of aliphatic carboxylic acids is 1. The second kappa shape index (κ2) is 7.97. The van der Waals surface area contributed by atoms with Crippen molar-refractivity contribution in [3.8, 4) is 0 Å². The van der Waals surface area contributed by atoms with Gasteiger partial charge in [-0.15, -0.1) is 0 Å². The van der Waals surface area contributed by atoms with Crippen LogP contribution in [0.1, 0.15) is 46.0 Å². The number of carbonyl (C=O) groups excluding carboxylic acids is 2. The fraction of sp³-hybridized carbons (Fsp3) is 0.786. The van der Waals surface area contributed by atoms with E-state index in [1.165, 1.54) is 0 Å². The molecule has 7 nitrogen and oxygen atoms in total. The number of imide groups is 1. The highest BCUT2D eigenvalue weighted by Gasteiger charge is 2.26. The molecule has 1 aliphatic rings. The normalized spacial score (nSPS) is 18.9. The molecular formula is C14H24N2O5. The Labute approximate surface area is 124 Å². The summed E-state index contributed by atoms with van der Waals surface area (Å²) in [6.07, 6.45) is 2.88. The zero-order chi connectivity index (χ0) is 15.9. The molecule has 3 amide bonds. The van der Waals surface area contributed by atoms with Gasteiger partial charge < -0.3 is 15.2 Å². The predicted octanol–water partition coefficient (Wildman–Crippen LogP) is 1.27. The van der Waals surface area contributed by atoms with Gasteiger partial charge in [0.05, 0.1) is 12.5 Å². The summed E-state index contributed by atoms with van der Waals surface area (Å²) in [4.78, 5) is 34.0. The third-order valence-electron chi connectivity index (χ3n) is 3.29. The van der Waals surface area contributed by atoms with Gasteiger partial charge in [0.15, 0.2) is 0 Å². The van der Waals surface area contributed by atoms with E-state index in [2.05, 4.69) is 10.6 Å². The predicted molar refractivity (Wildman–Crippen MR) is 75.8 cm³/mol. The maximum Gasteiger partial charge on any atom is 0.321 e. The first kappa shape index (κ1) is 17.4. The largest absolute Gasteiger partial charge is 0.481 e. The summed E-state index contributed by atoms with van der Waals surface area (Å²) >= 11 is 0. The number of amides is 3. The van der Waals surface area contributed by atoms with Gasteiger partial charge in [-0.25, -0.2) is 4.79 Å². The summed E-state index contributed by atoms with van der Waals surface area (Å²) in [5, 5.41) is 13.6. The van der Waals surface area contributed by atoms with Crippen LogP contribution >= 0.6 is 0 Å². The number of carboxylic acids is 1. The lowest BCUT2D eigenvalue weighted by molar-refractivity contribution is -0.139. The number of ether oxygens (including phenoxy) is 1. The minimum atomic E-state index is -0.966. The fourth-order valence-corrected chi connectivity index (χ4v) is 2.30. The highest BCUT2D eigenvalue weighted by Crippen LogP contribution is 2.24. The van der Waals surface area contributed by atoms with Gasteiger partial charge in [0.25, 0.3) is 0 Å². The lowest BCUT2D eigenvalue weighted by Crippen LogP contribution is -2.44. The van der Waals surface area contributed by atoms with Crippen LogP contribution in [0.3, 0.4) is 0 Å². The molecule has 1 heterocycles. The first-order chi connectivity index (χ1) is 9.78. The van der Waals surface area contributed by atoms with E-state index >= 15 is 0 Å². The highest BCUT2D eigenvalue weighted by atomic mass is 16.5. The van der Waals surface area contributed by atoms with E-state index in [0.717, 1.165) is 19.3 Å². The van der Waals surface area contributed by atoms with Crippen LogP contribution in [0.4, 0.5) is 4.79 Å². The van der Waals surface area contributed by atoms with Gasteiger partial charge in [-0.05, 0) is 24.7 Å². The molecule has 1 atom stereocenters. The molecule has 0 aliphatic carbocycles. The Balaban J connectivity index is 2.26. The lowest BCUT2D eigenvalue weighted by Gasteiger charge is -2.23. The van der Waals surface area contributed by atoms with Crippen molar-refractivity contribution in [1.82, 2.24) is 10.6 Å². The van der Waals surface area contributed by atoms with Crippen molar-refractivity contribution < 1.29 is 24.2 Å². The summed E-state index contributed by atoms with van der Waals surface area (Å²) in [7, 11) is 0. The van der Waals surface area contributed by atoms with Crippen LogP contribution in [0.5, 0.6) is 0 Å². The molecule has 7 heteroatoms. The maximum atomic E-state index is 11.7. The van der Waals surface area contributed by atoms with Crippen LogP contribution < -0.4 is 10.6 Å². The molecule has 0 aromatic carbocycles. The average molecular weight is 300 g/mol. The molecule has 0 aromatic heterocycles. The molecule has 1 fully saturated rings. The molecule has 21 heavy (non-hydrogen) atoms. The van der Waals surface area contributed by atoms with Crippen molar-refractivity contribution in [2.45, 2.75) is 52.1 Å². The second-order valence-corrected chi connectivity index (χ2v) is 6.16. The Hall–Kier alpha value is -1.63. The van der Waals surface area contributed by atoms with Crippen LogP contribution in [0.25, 0.3) is 0 Å². The smallest absolute Gasteiger partial charge is 0.321 e. The summed E-state index contributed by atoms with van der Waals surface area (Å²) in [5.74, 6) is -1.45. The topological polar surface area (TPSA) is 105 Å². The van der Waals surface area contributed by atoms with E-state index in [-0.39, 0.29) is 18.9 Å². The van der Waals surface area contributed by atoms with E-state index in [4.69, 9.17) is 9.84 Å².